The minimum absolute atomic E-state index is 0.226. The summed E-state index contributed by atoms with van der Waals surface area (Å²) in [5, 5.41) is 4.18. The smallest absolute Gasteiger partial charge is 0.413 e. The molecule has 10 nitrogen and oxygen atoms in total. The Morgan fingerprint density at radius 3 is 2.82 bits per heavy atom. The number of alkyl halides is 1. The Bertz CT molecular complexity index is 1310. The molecule has 4 unspecified atom stereocenters. The minimum Gasteiger partial charge on any atom is -0.413 e. The van der Waals surface area contributed by atoms with E-state index >= 15 is 0 Å². The molecule has 0 aliphatic carbocycles. The number of aldehydes is 1. The van der Waals surface area contributed by atoms with Gasteiger partial charge in [0.15, 0.2) is 17.9 Å². The Labute approximate surface area is 192 Å². The van der Waals surface area contributed by atoms with Crippen LogP contribution in [0.25, 0.3) is 10.8 Å². The first kappa shape index (κ1) is 24.0. The number of nitrogen functional groups attached to an aromatic ring is 1. The molecule has 0 amide bonds. The van der Waals surface area contributed by atoms with Crippen LogP contribution in [0.5, 0.6) is 5.75 Å². The summed E-state index contributed by atoms with van der Waals surface area (Å²) in [5.74, 6) is -1.38. The van der Waals surface area contributed by atoms with Gasteiger partial charge < -0.3 is 19.8 Å². The highest BCUT2D eigenvalue weighted by atomic mass is 31.2. The number of halogens is 2. The predicted molar refractivity (Wildman–Crippen MR) is 118 cm³/mol. The van der Waals surface area contributed by atoms with Gasteiger partial charge >= 0.3 is 13.4 Å². The Morgan fingerprint density at radius 2 is 2.06 bits per heavy atom. The summed E-state index contributed by atoms with van der Waals surface area (Å²) in [6.07, 6.45) is -3.14. The van der Waals surface area contributed by atoms with Crippen LogP contribution in [-0.2, 0) is 18.6 Å². The van der Waals surface area contributed by atoms with Crippen LogP contribution in [0.3, 0.4) is 0 Å². The number of carbonyl (C=O) groups excluding carboxylic acids is 1. The summed E-state index contributed by atoms with van der Waals surface area (Å²) in [7, 11) is -4.06. The highest BCUT2D eigenvalue weighted by molar-refractivity contribution is 7.52. The molecular formula is C21H21F2N4O6P. The number of hydrogen-bond acceptors (Lipinski definition) is 8. The first-order valence-electron chi connectivity index (χ1n) is 10.2. The minimum atomic E-state index is -4.06. The zero-order chi connectivity index (χ0) is 24.3. The Morgan fingerprint density at radius 1 is 1.29 bits per heavy atom. The number of rotatable bonds is 9. The lowest BCUT2D eigenvalue weighted by molar-refractivity contribution is -0.107. The van der Waals surface area contributed by atoms with E-state index in [0.717, 1.165) is 10.8 Å². The molecule has 1 saturated heterocycles. The van der Waals surface area contributed by atoms with Gasteiger partial charge in [0, 0.05) is 6.42 Å². The summed E-state index contributed by atoms with van der Waals surface area (Å²) in [6.45, 7) is -0.718. The molecule has 3 N–H and O–H groups in total. The second kappa shape index (κ2) is 9.98. The third-order valence-electron chi connectivity index (χ3n) is 5.08. The summed E-state index contributed by atoms with van der Waals surface area (Å²) < 4.78 is 58.6. The highest BCUT2D eigenvalue weighted by Gasteiger charge is 2.39. The maximum Gasteiger partial charge on any atom is 0.459 e. The number of anilines is 1. The van der Waals surface area contributed by atoms with Crippen molar-refractivity contribution in [3.8, 4) is 5.75 Å². The number of nitrogens with zero attached hydrogens (tertiary/aromatic N) is 2. The molecule has 0 spiro atoms. The van der Waals surface area contributed by atoms with Gasteiger partial charge in [0.25, 0.3) is 0 Å². The van der Waals surface area contributed by atoms with Crippen molar-refractivity contribution in [3.63, 3.8) is 0 Å². The van der Waals surface area contributed by atoms with Crippen LogP contribution >= 0.6 is 7.75 Å². The zero-order valence-electron chi connectivity index (χ0n) is 17.7. The SMILES string of the molecule is Nc1nc(=O)n(C2OC(COP(=O)(NCC=O)Oc3ccc4ccccc4c3)CC2F)cc1F. The summed E-state index contributed by atoms with van der Waals surface area (Å²) in [4.78, 5) is 26.1. The molecule has 3 aromatic rings. The van der Waals surface area contributed by atoms with Gasteiger partial charge in [0.2, 0.25) is 0 Å². The number of carbonyl (C=O) groups is 1. The molecule has 1 fully saturated rings. The van der Waals surface area contributed by atoms with Crippen molar-refractivity contribution in [2.24, 2.45) is 0 Å². The van der Waals surface area contributed by atoms with E-state index in [1.165, 1.54) is 0 Å². The van der Waals surface area contributed by atoms with Crippen molar-refractivity contribution in [3.05, 3.63) is 65.0 Å². The second-order valence-corrected chi connectivity index (χ2v) is 9.24. The number of nitrogens with two attached hydrogens (primary N) is 1. The van der Waals surface area contributed by atoms with Gasteiger partial charge in [-0.3, -0.25) is 9.09 Å². The first-order valence-corrected chi connectivity index (χ1v) is 11.8. The zero-order valence-corrected chi connectivity index (χ0v) is 18.6. The van der Waals surface area contributed by atoms with Crippen molar-refractivity contribution in [1.29, 1.82) is 0 Å². The lowest BCUT2D eigenvalue weighted by atomic mass is 10.1. The summed E-state index contributed by atoms with van der Waals surface area (Å²) in [6, 6.07) is 12.5. The van der Waals surface area contributed by atoms with Crippen molar-refractivity contribution >= 4 is 30.6 Å². The maximum atomic E-state index is 14.6. The third kappa shape index (κ3) is 5.31. The quantitative estimate of drug-likeness (QED) is 0.340. The third-order valence-corrected chi connectivity index (χ3v) is 6.59. The monoisotopic (exact) mass is 494 g/mol. The van der Waals surface area contributed by atoms with Gasteiger partial charge in [-0.05, 0) is 22.9 Å². The standard InChI is InChI=1S/C21H21F2N4O6P/c22-17-10-16(32-20(17)27-11-18(23)19(24)26-21(27)29)12-31-34(30,25-7-8-28)33-15-6-5-13-3-1-2-4-14(13)9-15/h1-6,8-9,11,16-17,20H,7,10,12H2,(H,25,30)(H2,24,26,29). The fraction of sp³-hybridized carbons (Fsp3) is 0.286. The predicted octanol–water partition coefficient (Wildman–Crippen LogP) is 2.74. The van der Waals surface area contributed by atoms with Crippen molar-refractivity contribution in [1.82, 2.24) is 14.6 Å². The van der Waals surface area contributed by atoms with Crippen LogP contribution in [0.1, 0.15) is 12.6 Å². The largest absolute Gasteiger partial charge is 0.459 e. The number of benzene rings is 2. The average Bonchev–Trinajstić information content (AvgIpc) is 3.19. The van der Waals surface area contributed by atoms with Crippen LogP contribution < -0.4 is 21.0 Å². The fourth-order valence-corrected chi connectivity index (χ4v) is 4.75. The Kier molecular flexibility index (Phi) is 7.03. The molecule has 4 atom stereocenters. The van der Waals surface area contributed by atoms with Crippen LogP contribution in [0, 0.1) is 5.82 Å². The van der Waals surface area contributed by atoms with E-state index in [2.05, 4.69) is 10.1 Å². The van der Waals surface area contributed by atoms with Crippen molar-refractivity contribution in [2.45, 2.75) is 24.9 Å². The number of nitrogens with one attached hydrogen (secondary N) is 1. The average molecular weight is 494 g/mol. The maximum absolute atomic E-state index is 14.6. The number of aromatic nitrogens is 2. The molecule has 2 aromatic carbocycles. The van der Waals surface area contributed by atoms with E-state index < -0.39 is 50.2 Å². The molecule has 0 saturated carbocycles. The lowest BCUT2D eigenvalue weighted by Crippen LogP contribution is -2.31. The lowest BCUT2D eigenvalue weighted by Gasteiger charge is -2.21. The van der Waals surface area contributed by atoms with Crippen LogP contribution in [0.2, 0.25) is 0 Å². The van der Waals surface area contributed by atoms with Crippen LogP contribution in [0.15, 0.2) is 53.5 Å². The molecular weight excluding hydrogens is 473 g/mol. The van der Waals surface area contributed by atoms with Gasteiger partial charge in [-0.2, -0.15) is 4.98 Å². The van der Waals surface area contributed by atoms with E-state index in [1.54, 1.807) is 18.2 Å². The molecule has 13 heteroatoms. The highest BCUT2D eigenvalue weighted by Crippen LogP contribution is 2.45. The summed E-state index contributed by atoms with van der Waals surface area (Å²) >= 11 is 0. The molecule has 0 bridgehead atoms. The number of ether oxygens (including phenoxy) is 1. The Balaban J connectivity index is 1.46. The second-order valence-electron chi connectivity index (χ2n) is 7.49. The fourth-order valence-electron chi connectivity index (χ4n) is 3.49. The molecule has 180 valence electrons. The van der Waals surface area contributed by atoms with E-state index in [0.29, 0.717) is 17.1 Å². The molecule has 34 heavy (non-hydrogen) atoms. The Hall–Kier alpha value is -3.18. The molecule has 2 heterocycles. The molecule has 4 rings (SSSR count). The van der Waals surface area contributed by atoms with Crippen molar-refractivity contribution in [2.75, 3.05) is 18.9 Å². The van der Waals surface area contributed by atoms with Gasteiger partial charge in [-0.15, -0.1) is 0 Å². The molecule has 1 aliphatic rings. The molecule has 0 radical (unpaired) electrons. The van der Waals surface area contributed by atoms with Crippen LogP contribution in [0.4, 0.5) is 14.6 Å². The number of hydrogen-bond donors (Lipinski definition) is 2. The van der Waals surface area contributed by atoms with Gasteiger partial charge in [-0.1, -0.05) is 30.3 Å². The first-order chi connectivity index (χ1) is 16.3. The van der Waals surface area contributed by atoms with Gasteiger partial charge in [-0.25, -0.2) is 23.2 Å². The summed E-state index contributed by atoms with van der Waals surface area (Å²) in [5.41, 5.74) is 4.27. The van der Waals surface area contributed by atoms with E-state index in [-0.39, 0.29) is 18.7 Å². The van der Waals surface area contributed by atoms with E-state index in [9.17, 15) is 22.9 Å². The topological polar surface area (TPSA) is 135 Å². The van der Waals surface area contributed by atoms with E-state index in [1.807, 2.05) is 24.3 Å². The van der Waals surface area contributed by atoms with Gasteiger partial charge in [0.1, 0.15) is 18.2 Å². The van der Waals surface area contributed by atoms with Crippen molar-refractivity contribution < 1.29 is 31.9 Å². The molecule has 1 aliphatic heterocycles. The normalized spacial score (nSPS) is 21.9. The van der Waals surface area contributed by atoms with E-state index in [4.69, 9.17) is 19.5 Å². The number of fused-ring (bicyclic) bond motifs is 1. The molecule has 1 aromatic heterocycles. The van der Waals surface area contributed by atoms with Crippen LogP contribution in [-0.4, -0.2) is 41.3 Å². The van der Waals surface area contributed by atoms with Gasteiger partial charge in [0.05, 0.1) is 25.5 Å².